The third-order valence-electron chi connectivity index (χ3n) is 3.53. The van der Waals surface area contributed by atoms with E-state index in [-0.39, 0.29) is 0 Å². The predicted molar refractivity (Wildman–Crippen MR) is 79.3 cm³/mol. The van der Waals surface area contributed by atoms with Crippen molar-refractivity contribution in [2.45, 2.75) is 42.9 Å². The van der Waals surface area contributed by atoms with E-state index in [4.69, 9.17) is 5.73 Å². The van der Waals surface area contributed by atoms with Gasteiger partial charge in [-0.3, -0.25) is 0 Å². The zero-order chi connectivity index (χ0) is 12.4. The van der Waals surface area contributed by atoms with Gasteiger partial charge in [0, 0.05) is 20.7 Å². The molecular formula is C14H20BrNS. The number of nitrogens with two attached hydrogens (primary N) is 1. The van der Waals surface area contributed by atoms with E-state index in [0.29, 0.717) is 17.2 Å². The summed E-state index contributed by atoms with van der Waals surface area (Å²) in [4.78, 5) is 1.31. The van der Waals surface area contributed by atoms with Gasteiger partial charge in [-0.1, -0.05) is 26.0 Å². The van der Waals surface area contributed by atoms with Gasteiger partial charge in [0.2, 0.25) is 0 Å². The first kappa shape index (κ1) is 13.4. The maximum absolute atomic E-state index is 6.32. The summed E-state index contributed by atoms with van der Waals surface area (Å²) >= 11 is 5.55. The van der Waals surface area contributed by atoms with Crippen LogP contribution in [0.15, 0.2) is 33.6 Å². The van der Waals surface area contributed by atoms with Crippen LogP contribution in [0.1, 0.15) is 26.7 Å². The zero-order valence-electron chi connectivity index (χ0n) is 10.4. The molecule has 2 N–H and O–H groups in total. The van der Waals surface area contributed by atoms with E-state index in [0.717, 1.165) is 12.3 Å². The van der Waals surface area contributed by atoms with Gasteiger partial charge in [0.15, 0.2) is 0 Å². The maximum atomic E-state index is 6.32. The fraction of sp³-hybridized carbons (Fsp3) is 0.571. The lowest BCUT2D eigenvalue weighted by atomic mass is 9.80. The van der Waals surface area contributed by atoms with Gasteiger partial charge in [-0.15, -0.1) is 11.8 Å². The second kappa shape index (κ2) is 5.77. The van der Waals surface area contributed by atoms with E-state index >= 15 is 0 Å². The molecule has 3 heteroatoms. The molecule has 1 aromatic carbocycles. The van der Waals surface area contributed by atoms with Crippen LogP contribution in [0.5, 0.6) is 0 Å². The maximum Gasteiger partial charge on any atom is 0.0311 e. The summed E-state index contributed by atoms with van der Waals surface area (Å²) in [5.41, 5.74) is 6.32. The van der Waals surface area contributed by atoms with Crippen molar-refractivity contribution in [2.24, 2.45) is 17.6 Å². The van der Waals surface area contributed by atoms with Crippen LogP contribution in [0, 0.1) is 11.8 Å². The van der Waals surface area contributed by atoms with Crippen LogP contribution in [0.4, 0.5) is 0 Å². The Balaban J connectivity index is 2.10. The monoisotopic (exact) mass is 313 g/mol. The number of benzene rings is 1. The van der Waals surface area contributed by atoms with Crippen molar-refractivity contribution in [1.29, 1.82) is 0 Å². The highest BCUT2D eigenvalue weighted by molar-refractivity contribution is 9.10. The largest absolute Gasteiger partial charge is 0.327 e. The van der Waals surface area contributed by atoms with Crippen LogP contribution >= 0.6 is 27.7 Å². The molecule has 2 rings (SSSR count). The van der Waals surface area contributed by atoms with Crippen molar-refractivity contribution >= 4 is 27.7 Å². The molecule has 0 aromatic heterocycles. The number of hydrogen-bond acceptors (Lipinski definition) is 2. The Morgan fingerprint density at radius 3 is 2.59 bits per heavy atom. The summed E-state index contributed by atoms with van der Waals surface area (Å²) in [5.74, 6) is 1.47. The van der Waals surface area contributed by atoms with Crippen LogP contribution < -0.4 is 5.73 Å². The molecule has 1 saturated carbocycles. The lowest BCUT2D eigenvalue weighted by Crippen LogP contribution is -2.42. The minimum Gasteiger partial charge on any atom is -0.327 e. The Hall–Kier alpha value is 0.01000. The molecule has 94 valence electrons. The van der Waals surface area contributed by atoms with Crippen molar-refractivity contribution in [1.82, 2.24) is 0 Å². The van der Waals surface area contributed by atoms with Gasteiger partial charge >= 0.3 is 0 Å². The fourth-order valence-corrected chi connectivity index (χ4v) is 4.60. The van der Waals surface area contributed by atoms with Gasteiger partial charge in [0.05, 0.1) is 0 Å². The lowest BCUT2D eigenvalue weighted by Gasteiger charge is -2.37. The van der Waals surface area contributed by atoms with Crippen LogP contribution in [0.2, 0.25) is 0 Å². The summed E-state index contributed by atoms with van der Waals surface area (Å²) in [6.07, 6.45) is 2.46. The molecule has 1 aliphatic carbocycles. The van der Waals surface area contributed by atoms with E-state index in [9.17, 15) is 0 Å². The number of rotatable bonds is 2. The minimum absolute atomic E-state index is 0.325. The fourth-order valence-electron chi connectivity index (χ4n) is 2.78. The second-order valence-electron chi connectivity index (χ2n) is 5.23. The normalized spacial score (nSPS) is 33.6. The van der Waals surface area contributed by atoms with E-state index in [1.165, 1.54) is 15.8 Å². The van der Waals surface area contributed by atoms with Crippen LogP contribution in [-0.4, -0.2) is 11.3 Å². The van der Waals surface area contributed by atoms with E-state index < -0.39 is 0 Å². The molecule has 0 bridgehead atoms. The molecule has 1 nitrogen and oxygen atoms in total. The molecule has 4 atom stereocenters. The van der Waals surface area contributed by atoms with Crippen LogP contribution in [0.3, 0.4) is 0 Å². The van der Waals surface area contributed by atoms with Crippen molar-refractivity contribution in [3.05, 3.63) is 28.7 Å². The zero-order valence-corrected chi connectivity index (χ0v) is 12.8. The van der Waals surface area contributed by atoms with Gasteiger partial charge in [0.25, 0.3) is 0 Å². The number of hydrogen-bond donors (Lipinski definition) is 1. The Kier molecular flexibility index (Phi) is 4.56. The standard InChI is InChI=1S/C14H20BrNS/c1-9-7-10(2)14(12(16)8-9)17-13-6-4-3-5-11(13)15/h3-6,9-10,12,14H,7-8,16H2,1-2H3. The lowest BCUT2D eigenvalue weighted by molar-refractivity contribution is 0.279. The Morgan fingerprint density at radius 1 is 1.24 bits per heavy atom. The highest BCUT2D eigenvalue weighted by atomic mass is 79.9. The topological polar surface area (TPSA) is 26.0 Å². The third-order valence-corrected chi connectivity index (χ3v) is 6.18. The Morgan fingerprint density at radius 2 is 1.94 bits per heavy atom. The average molecular weight is 314 g/mol. The molecular weight excluding hydrogens is 294 g/mol. The van der Waals surface area contributed by atoms with Crippen molar-refractivity contribution in [3.8, 4) is 0 Å². The van der Waals surface area contributed by atoms with Crippen molar-refractivity contribution in [2.75, 3.05) is 0 Å². The predicted octanol–water partition coefficient (Wildman–Crippen LogP) is 4.30. The molecule has 1 aliphatic rings. The molecule has 0 aliphatic heterocycles. The first-order chi connectivity index (χ1) is 8.08. The number of halogens is 1. The van der Waals surface area contributed by atoms with Gasteiger partial charge in [0.1, 0.15) is 0 Å². The first-order valence-electron chi connectivity index (χ1n) is 6.24. The molecule has 0 spiro atoms. The summed E-state index contributed by atoms with van der Waals surface area (Å²) in [5, 5.41) is 0.546. The summed E-state index contributed by atoms with van der Waals surface area (Å²) in [7, 11) is 0. The summed E-state index contributed by atoms with van der Waals surface area (Å²) in [6, 6.07) is 8.75. The van der Waals surface area contributed by atoms with Gasteiger partial charge in [-0.05, 0) is 52.7 Å². The van der Waals surface area contributed by atoms with E-state index in [2.05, 4.69) is 54.0 Å². The van der Waals surface area contributed by atoms with Gasteiger partial charge in [-0.25, -0.2) is 0 Å². The average Bonchev–Trinajstić information content (AvgIpc) is 2.25. The highest BCUT2D eigenvalue weighted by Crippen LogP contribution is 2.40. The van der Waals surface area contributed by atoms with Crippen LogP contribution in [0.25, 0.3) is 0 Å². The van der Waals surface area contributed by atoms with E-state index in [1.54, 1.807) is 0 Å². The Bertz CT molecular complexity index is 370. The van der Waals surface area contributed by atoms with Crippen LogP contribution in [-0.2, 0) is 0 Å². The molecule has 1 aromatic rings. The first-order valence-corrected chi connectivity index (χ1v) is 7.92. The van der Waals surface area contributed by atoms with Gasteiger partial charge < -0.3 is 5.73 Å². The quantitative estimate of drug-likeness (QED) is 0.880. The number of thioether (sulfide) groups is 1. The molecule has 1 fully saturated rings. The summed E-state index contributed by atoms with van der Waals surface area (Å²) < 4.78 is 1.18. The second-order valence-corrected chi connectivity index (χ2v) is 7.30. The van der Waals surface area contributed by atoms with Crippen molar-refractivity contribution in [3.63, 3.8) is 0 Å². The summed E-state index contributed by atoms with van der Waals surface area (Å²) in [6.45, 7) is 4.65. The third kappa shape index (κ3) is 3.27. The molecule has 0 amide bonds. The van der Waals surface area contributed by atoms with Crippen molar-refractivity contribution < 1.29 is 0 Å². The molecule has 0 heterocycles. The van der Waals surface area contributed by atoms with Gasteiger partial charge in [-0.2, -0.15) is 0 Å². The SMILES string of the molecule is CC1CC(C)C(Sc2ccccc2Br)C(N)C1. The molecule has 0 saturated heterocycles. The van der Waals surface area contributed by atoms with E-state index in [1.807, 2.05) is 11.8 Å². The minimum atomic E-state index is 0.325. The molecule has 0 radical (unpaired) electrons. The smallest absolute Gasteiger partial charge is 0.0311 e. The molecule has 17 heavy (non-hydrogen) atoms. The Labute approximate surface area is 117 Å². The highest BCUT2D eigenvalue weighted by Gasteiger charge is 2.32. The molecule has 4 unspecified atom stereocenters.